The fraction of sp³-hybridized carbons (Fsp3) is 0.368. The number of allylic oxidation sites excluding steroid dienone is 2. The zero-order chi connectivity index (χ0) is 22.9. The summed E-state index contributed by atoms with van der Waals surface area (Å²) in [4.78, 5) is 23.6. The van der Waals surface area contributed by atoms with Crippen LogP contribution in [0.25, 0.3) is 0 Å². The second-order valence-electron chi connectivity index (χ2n) is 6.45. The molecule has 1 aromatic carbocycles. The fourth-order valence-electron chi connectivity index (χ4n) is 3.05. The summed E-state index contributed by atoms with van der Waals surface area (Å²) < 4.78 is 69.0. The summed E-state index contributed by atoms with van der Waals surface area (Å²) in [6.45, 7) is 3.17. The quantitative estimate of drug-likeness (QED) is 0.690. The molecule has 31 heavy (non-hydrogen) atoms. The van der Waals surface area contributed by atoms with Gasteiger partial charge >= 0.3 is 24.8 Å². The minimum atomic E-state index is -4.16. The molecule has 2 aliphatic rings. The number of methoxy groups -OCH3 is 2. The third kappa shape index (κ3) is 4.32. The number of carbonyl (C=O) groups excluding carboxylic acids is 2. The van der Waals surface area contributed by atoms with Crippen LogP contribution >= 0.6 is 0 Å². The van der Waals surface area contributed by atoms with Crippen molar-refractivity contribution in [2.24, 2.45) is 0 Å². The fourth-order valence-corrected chi connectivity index (χ4v) is 3.05. The number of alkyl halides is 3. The summed E-state index contributed by atoms with van der Waals surface area (Å²) in [6, 6.07) is 3.67. The molecule has 168 valence electrons. The Labute approximate surface area is 174 Å². The van der Waals surface area contributed by atoms with Gasteiger partial charge in [0.15, 0.2) is 11.5 Å². The largest absolute Gasteiger partial charge is 0.513 e. The van der Waals surface area contributed by atoms with Crippen LogP contribution in [0.3, 0.4) is 0 Å². The lowest BCUT2D eigenvalue weighted by molar-refractivity contribution is -0.281. The molecule has 2 aliphatic heterocycles. The van der Waals surface area contributed by atoms with Gasteiger partial charge in [-0.05, 0) is 31.5 Å². The van der Waals surface area contributed by atoms with Gasteiger partial charge in [-0.2, -0.15) is 13.2 Å². The minimum absolute atomic E-state index is 0.0184. The highest BCUT2D eigenvalue weighted by Gasteiger charge is 2.50. The number of carbonyl (C=O) groups is 2. The lowest BCUT2D eigenvalue weighted by Crippen LogP contribution is -2.43. The number of benzene rings is 1. The smallest absolute Gasteiger partial charge is 0.447 e. The Bertz CT molecular complexity index is 935. The molecule has 0 spiro atoms. The molecule has 0 fully saturated rings. The minimum Gasteiger partial charge on any atom is -0.447 e. The molecule has 0 amide bonds. The Kier molecular flexibility index (Phi) is 5.91. The maximum absolute atomic E-state index is 13.6. The second-order valence-corrected chi connectivity index (χ2v) is 6.45. The first-order valence-electron chi connectivity index (χ1n) is 8.79. The third-order valence-electron chi connectivity index (χ3n) is 4.40. The van der Waals surface area contributed by atoms with Crippen LogP contribution in [0, 0.1) is 0 Å². The first-order valence-corrected chi connectivity index (χ1v) is 8.79. The molecule has 9 nitrogen and oxygen atoms in total. The number of fused-ring (bicyclic) bond motifs is 1. The van der Waals surface area contributed by atoms with E-state index in [9.17, 15) is 22.8 Å². The highest BCUT2D eigenvalue weighted by Crippen LogP contribution is 2.45. The van der Waals surface area contributed by atoms with Crippen molar-refractivity contribution in [3.63, 3.8) is 0 Å². The molecule has 1 aromatic rings. The summed E-state index contributed by atoms with van der Waals surface area (Å²) in [5.74, 6) is -1.80. The van der Waals surface area contributed by atoms with Crippen molar-refractivity contribution in [1.82, 2.24) is 5.32 Å². The van der Waals surface area contributed by atoms with Crippen molar-refractivity contribution in [2.75, 3.05) is 14.2 Å². The van der Waals surface area contributed by atoms with Gasteiger partial charge in [-0.15, -0.1) is 0 Å². The van der Waals surface area contributed by atoms with E-state index in [0.717, 1.165) is 20.3 Å². The van der Waals surface area contributed by atoms with Crippen molar-refractivity contribution in [3.8, 4) is 11.5 Å². The van der Waals surface area contributed by atoms with Gasteiger partial charge in [0.2, 0.25) is 0 Å². The third-order valence-corrected chi connectivity index (χ3v) is 4.40. The molecule has 0 aliphatic carbocycles. The molecule has 1 N–H and O–H groups in total. The normalized spacial score (nSPS) is 20.0. The Morgan fingerprint density at radius 3 is 2.06 bits per heavy atom. The first kappa shape index (κ1) is 22.1. The molecule has 12 heteroatoms. The van der Waals surface area contributed by atoms with Gasteiger partial charge in [0, 0.05) is 0 Å². The molecule has 1 unspecified atom stereocenters. The Morgan fingerprint density at radius 1 is 1.00 bits per heavy atom. The lowest BCUT2D eigenvalue weighted by atomic mass is 9.90. The average molecular weight is 445 g/mol. The van der Waals surface area contributed by atoms with E-state index < -0.39 is 36.4 Å². The highest BCUT2D eigenvalue weighted by atomic mass is 19.3. The number of rotatable bonds is 3. The van der Waals surface area contributed by atoms with Gasteiger partial charge in [0.1, 0.15) is 17.4 Å². The molecule has 0 bridgehead atoms. The number of halogens is 3. The molecule has 0 aromatic heterocycles. The predicted octanol–water partition coefficient (Wildman–Crippen LogP) is 4.06. The Hall–Kier alpha value is -3.57. The molecule has 0 radical (unpaired) electrons. The van der Waals surface area contributed by atoms with Crippen molar-refractivity contribution >= 4 is 12.3 Å². The summed E-state index contributed by atoms with van der Waals surface area (Å²) in [7, 11) is 2.20. The van der Waals surface area contributed by atoms with E-state index in [0.29, 0.717) is 11.4 Å². The topological polar surface area (TPSA) is 102 Å². The van der Waals surface area contributed by atoms with Crippen LogP contribution in [0.2, 0.25) is 0 Å². The van der Waals surface area contributed by atoms with Gasteiger partial charge in [-0.3, -0.25) is 0 Å². The van der Waals surface area contributed by atoms with Crippen molar-refractivity contribution in [1.29, 1.82) is 0 Å². The monoisotopic (exact) mass is 445 g/mol. The maximum atomic E-state index is 13.6. The van der Waals surface area contributed by atoms with Gasteiger partial charge < -0.3 is 33.7 Å². The van der Waals surface area contributed by atoms with Crippen LogP contribution in [0.5, 0.6) is 11.5 Å². The highest BCUT2D eigenvalue weighted by molar-refractivity contribution is 5.65. The van der Waals surface area contributed by atoms with E-state index in [1.165, 1.54) is 12.1 Å². The van der Waals surface area contributed by atoms with Crippen LogP contribution in [0.1, 0.15) is 25.3 Å². The molecule has 3 rings (SSSR count). The molecule has 0 saturated heterocycles. The number of nitrogens with one attached hydrogen (secondary N) is 1. The lowest BCUT2D eigenvalue weighted by Gasteiger charge is -2.32. The predicted molar refractivity (Wildman–Crippen MR) is 95.8 cm³/mol. The number of hydrogen-bond acceptors (Lipinski definition) is 9. The van der Waals surface area contributed by atoms with Crippen LogP contribution in [-0.2, 0) is 18.9 Å². The van der Waals surface area contributed by atoms with E-state index in [4.69, 9.17) is 9.47 Å². The zero-order valence-corrected chi connectivity index (χ0v) is 16.8. The summed E-state index contributed by atoms with van der Waals surface area (Å²) in [5, 5.41) is 2.90. The van der Waals surface area contributed by atoms with Crippen LogP contribution < -0.4 is 14.8 Å². The van der Waals surface area contributed by atoms with Gasteiger partial charge in [-0.25, -0.2) is 9.59 Å². The van der Waals surface area contributed by atoms with Gasteiger partial charge in [0.05, 0.1) is 25.6 Å². The summed E-state index contributed by atoms with van der Waals surface area (Å²) in [6.07, 6.45) is -9.30. The molecule has 0 saturated carbocycles. The summed E-state index contributed by atoms with van der Waals surface area (Å²) in [5.41, 5.74) is 0.989. The zero-order valence-electron chi connectivity index (χ0n) is 16.8. The van der Waals surface area contributed by atoms with E-state index in [1.54, 1.807) is 13.8 Å². The van der Waals surface area contributed by atoms with E-state index >= 15 is 0 Å². The molecule has 2 heterocycles. The van der Waals surface area contributed by atoms with E-state index in [1.807, 2.05) is 0 Å². The maximum Gasteiger partial charge on any atom is 0.513 e. The van der Waals surface area contributed by atoms with Gasteiger partial charge in [-0.1, -0.05) is 6.07 Å². The van der Waals surface area contributed by atoms with E-state index in [-0.39, 0.29) is 22.8 Å². The number of dihydropyridines is 1. The van der Waals surface area contributed by atoms with Crippen molar-refractivity contribution < 1.29 is 51.2 Å². The van der Waals surface area contributed by atoms with Crippen LogP contribution in [0.4, 0.5) is 22.8 Å². The Balaban J connectivity index is 2.09. The first-order chi connectivity index (χ1) is 14.6. The molecular weight excluding hydrogens is 427 g/mol. The van der Waals surface area contributed by atoms with E-state index in [2.05, 4.69) is 24.3 Å². The van der Waals surface area contributed by atoms with Crippen LogP contribution in [-0.4, -0.2) is 39.0 Å². The Morgan fingerprint density at radius 2 is 1.55 bits per heavy atom. The average Bonchev–Trinajstić information content (AvgIpc) is 2.71. The standard InChI is InChI=1S/C19H18F3NO8/c1-8-14(29-17(24)26-3)13(15(9(2)23-8)30-18(25)27-4)10-5-6-11-12(7-10)28-16(20)19(21,22)31-11/h5-7,13,16,23H,1-4H3. The second kappa shape index (κ2) is 8.28. The van der Waals surface area contributed by atoms with Crippen molar-refractivity contribution in [2.45, 2.75) is 32.2 Å². The number of hydrogen-bond donors (Lipinski definition) is 1. The summed E-state index contributed by atoms with van der Waals surface area (Å²) >= 11 is 0. The number of ether oxygens (including phenoxy) is 6. The molecular formula is C19H18F3NO8. The molecule has 1 atom stereocenters. The van der Waals surface area contributed by atoms with Gasteiger partial charge in [0.25, 0.3) is 0 Å². The van der Waals surface area contributed by atoms with Crippen LogP contribution in [0.15, 0.2) is 41.1 Å². The SMILES string of the molecule is COC(=O)OC1=C(C)NC(C)=C(OC(=O)OC)C1c1ccc2c(c1)OC(F)C(F)(F)O2. The van der Waals surface area contributed by atoms with Crippen molar-refractivity contribution in [3.05, 3.63) is 46.7 Å².